The fraction of sp³-hybridized carbons (Fsp3) is 0.375. The van der Waals surface area contributed by atoms with Gasteiger partial charge in [0.05, 0.1) is 5.69 Å². The average molecular weight is 423 g/mol. The van der Waals surface area contributed by atoms with Gasteiger partial charge in [0.25, 0.3) is 0 Å². The summed E-state index contributed by atoms with van der Waals surface area (Å²) in [6.07, 6.45) is 4.69. The van der Waals surface area contributed by atoms with E-state index in [9.17, 15) is 9.90 Å². The second kappa shape index (κ2) is 10.7. The van der Waals surface area contributed by atoms with E-state index in [0.29, 0.717) is 23.4 Å². The van der Waals surface area contributed by atoms with Gasteiger partial charge in [-0.15, -0.1) is 10.2 Å². The zero-order valence-corrected chi connectivity index (χ0v) is 18.2. The van der Waals surface area contributed by atoms with Gasteiger partial charge in [-0.3, -0.25) is 4.79 Å². The quantitative estimate of drug-likeness (QED) is 0.457. The highest BCUT2D eigenvalue weighted by atomic mass is 16.5. The number of aromatic hydroxyl groups is 1. The molecule has 1 amide bonds. The van der Waals surface area contributed by atoms with Crippen molar-refractivity contribution in [1.29, 1.82) is 0 Å². The third kappa shape index (κ3) is 5.49. The van der Waals surface area contributed by atoms with E-state index in [1.54, 1.807) is 19.2 Å². The molecule has 3 heterocycles. The number of amides is 1. The minimum atomic E-state index is -0.0276. The molecule has 1 aromatic carbocycles. The molecule has 2 N–H and O–H groups in total. The third-order valence-corrected chi connectivity index (χ3v) is 5.39. The number of methoxy groups -OCH3 is 1. The van der Waals surface area contributed by atoms with Crippen LogP contribution in [0.3, 0.4) is 0 Å². The van der Waals surface area contributed by atoms with Crippen molar-refractivity contribution in [2.75, 3.05) is 26.8 Å². The van der Waals surface area contributed by atoms with E-state index in [1.165, 1.54) is 18.9 Å². The first-order valence-electron chi connectivity index (χ1n) is 10.6. The van der Waals surface area contributed by atoms with Gasteiger partial charge < -0.3 is 19.7 Å². The summed E-state index contributed by atoms with van der Waals surface area (Å²) in [5, 5.41) is 19.4. The molecule has 1 fully saturated rings. The third-order valence-electron chi connectivity index (χ3n) is 5.39. The Morgan fingerprint density at radius 2 is 2.16 bits per heavy atom. The number of H-pyrrole nitrogens is 1. The fourth-order valence-electron chi connectivity index (χ4n) is 3.63. The van der Waals surface area contributed by atoms with Gasteiger partial charge in [0.2, 0.25) is 5.91 Å². The van der Waals surface area contributed by atoms with Crippen LogP contribution in [0, 0.1) is 0 Å². The number of unbranched alkanes of at least 4 members (excludes halogenated alkanes) is 1. The lowest BCUT2D eigenvalue weighted by atomic mass is 10.0. The summed E-state index contributed by atoms with van der Waals surface area (Å²) in [4.78, 5) is 16.9. The molecule has 0 saturated carbocycles. The van der Waals surface area contributed by atoms with Gasteiger partial charge in [0.1, 0.15) is 5.75 Å². The molecule has 0 aliphatic carbocycles. The largest absolute Gasteiger partial charge is 0.507 e. The van der Waals surface area contributed by atoms with Crippen LogP contribution in [0.2, 0.25) is 0 Å². The predicted molar refractivity (Wildman–Crippen MR) is 122 cm³/mol. The number of carbonyl (C=O) groups is 1. The summed E-state index contributed by atoms with van der Waals surface area (Å²) in [7, 11) is 1.73. The van der Waals surface area contributed by atoms with Crippen LogP contribution in [0.25, 0.3) is 22.3 Å². The fourth-order valence-corrected chi connectivity index (χ4v) is 3.63. The van der Waals surface area contributed by atoms with Gasteiger partial charge >= 0.3 is 0 Å². The van der Waals surface area contributed by atoms with Gasteiger partial charge in [-0.05, 0) is 43.2 Å². The Labute approximate surface area is 182 Å². The van der Waals surface area contributed by atoms with E-state index in [4.69, 9.17) is 4.74 Å². The molecule has 0 spiro atoms. The van der Waals surface area contributed by atoms with Crippen molar-refractivity contribution >= 4 is 16.9 Å². The number of likely N-dealkylation sites (tertiary alicyclic amines) is 1. The van der Waals surface area contributed by atoms with Crippen LogP contribution in [-0.4, -0.2) is 57.9 Å². The van der Waals surface area contributed by atoms with Crippen molar-refractivity contribution in [2.45, 2.75) is 32.1 Å². The van der Waals surface area contributed by atoms with Crippen molar-refractivity contribution in [3.8, 4) is 17.0 Å². The Morgan fingerprint density at radius 1 is 1.35 bits per heavy atom. The van der Waals surface area contributed by atoms with Gasteiger partial charge in [0.15, 0.2) is 5.65 Å². The SMILES string of the molecule is C=CC(=O)N1CCC(c2cc3cc(-c4ccccc4O)nnc3[nH]2)C1.CCCCOC. The average Bonchev–Trinajstić information content (AvgIpc) is 3.44. The minimum absolute atomic E-state index is 0.0276. The molecule has 1 aliphatic heterocycles. The Balaban J connectivity index is 0.000000401. The van der Waals surface area contributed by atoms with Crippen LogP contribution in [0.5, 0.6) is 5.75 Å². The zero-order chi connectivity index (χ0) is 22.2. The Hall–Kier alpha value is -3.19. The zero-order valence-electron chi connectivity index (χ0n) is 18.2. The van der Waals surface area contributed by atoms with Crippen molar-refractivity contribution in [1.82, 2.24) is 20.1 Å². The lowest BCUT2D eigenvalue weighted by Gasteiger charge is -2.13. The van der Waals surface area contributed by atoms with Gasteiger partial charge in [-0.2, -0.15) is 0 Å². The van der Waals surface area contributed by atoms with Crippen molar-refractivity contribution in [3.63, 3.8) is 0 Å². The molecular weight excluding hydrogens is 392 g/mol. The highest BCUT2D eigenvalue weighted by Gasteiger charge is 2.27. The molecule has 7 nitrogen and oxygen atoms in total. The molecule has 7 heteroatoms. The number of hydrogen-bond acceptors (Lipinski definition) is 5. The lowest BCUT2D eigenvalue weighted by molar-refractivity contribution is -0.125. The maximum absolute atomic E-state index is 11.7. The highest BCUT2D eigenvalue weighted by Crippen LogP contribution is 2.31. The van der Waals surface area contributed by atoms with E-state index in [1.807, 2.05) is 23.1 Å². The van der Waals surface area contributed by atoms with Crippen LogP contribution >= 0.6 is 0 Å². The standard InChI is InChI=1S/C19H18N4O2.C5H12O/c1-2-18(25)23-8-7-12(11-23)15-9-13-10-16(21-22-19(13)20-15)14-5-3-4-6-17(14)24;1-3-4-5-6-2/h2-6,9-10,12,24H,1,7-8,11H2,(H,20,22);3-5H2,1-2H3. The van der Waals surface area contributed by atoms with E-state index < -0.39 is 0 Å². The highest BCUT2D eigenvalue weighted by molar-refractivity contribution is 5.87. The van der Waals surface area contributed by atoms with Gasteiger partial charge in [0, 0.05) is 49.4 Å². The van der Waals surface area contributed by atoms with Crippen LogP contribution in [-0.2, 0) is 9.53 Å². The summed E-state index contributed by atoms with van der Waals surface area (Å²) in [6, 6.07) is 11.0. The van der Waals surface area contributed by atoms with Crippen LogP contribution in [0.15, 0.2) is 49.1 Å². The first-order valence-corrected chi connectivity index (χ1v) is 10.6. The Morgan fingerprint density at radius 3 is 2.84 bits per heavy atom. The van der Waals surface area contributed by atoms with Crippen LogP contribution in [0.1, 0.15) is 37.8 Å². The summed E-state index contributed by atoms with van der Waals surface area (Å²) >= 11 is 0. The molecule has 164 valence electrons. The van der Waals surface area contributed by atoms with E-state index >= 15 is 0 Å². The number of aromatic amines is 1. The van der Waals surface area contributed by atoms with Crippen molar-refractivity contribution in [2.24, 2.45) is 0 Å². The number of benzene rings is 1. The number of fused-ring (bicyclic) bond motifs is 1. The topological polar surface area (TPSA) is 91.3 Å². The number of carbonyl (C=O) groups excluding carboxylic acids is 1. The Bertz CT molecular complexity index is 1030. The molecule has 1 saturated heterocycles. The van der Waals surface area contributed by atoms with Crippen LogP contribution < -0.4 is 0 Å². The number of para-hydroxylation sites is 1. The maximum atomic E-state index is 11.7. The molecule has 0 bridgehead atoms. The summed E-state index contributed by atoms with van der Waals surface area (Å²) in [5.41, 5.74) is 3.05. The molecule has 3 aromatic rings. The number of hydrogen-bond donors (Lipinski definition) is 2. The predicted octanol–water partition coefficient (Wildman–Crippen LogP) is 4.27. The van der Waals surface area contributed by atoms with E-state index in [2.05, 4.69) is 34.8 Å². The number of nitrogens with one attached hydrogen (secondary N) is 1. The number of phenols is 1. The molecule has 2 aromatic heterocycles. The van der Waals surface area contributed by atoms with E-state index in [-0.39, 0.29) is 17.6 Å². The number of phenolic OH excluding ortho intramolecular Hbond substituents is 1. The monoisotopic (exact) mass is 422 g/mol. The smallest absolute Gasteiger partial charge is 0.245 e. The molecule has 1 unspecified atom stereocenters. The number of ether oxygens (including phenoxy) is 1. The van der Waals surface area contributed by atoms with Gasteiger partial charge in [-0.1, -0.05) is 32.1 Å². The number of aromatic nitrogens is 3. The summed E-state index contributed by atoms with van der Waals surface area (Å²) in [5.74, 6) is 0.410. The minimum Gasteiger partial charge on any atom is -0.507 e. The molecule has 31 heavy (non-hydrogen) atoms. The second-order valence-electron chi connectivity index (χ2n) is 7.60. The first kappa shape index (κ1) is 22.5. The number of nitrogens with zero attached hydrogens (tertiary/aromatic N) is 3. The molecule has 1 aliphatic rings. The van der Waals surface area contributed by atoms with Crippen molar-refractivity contribution in [3.05, 3.63) is 54.7 Å². The van der Waals surface area contributed by atoms with Gasteiger partial charge in [-0.25, -0.2) is 0 Å². The normalized spacial score (nSPS) is 15.5. The summed E-state index contributed by atoms with van der Waals surface area (Å²) in [6.45, 7) is 8.02. The molecular formula is C24H30N4O3. The Kier molecular flexibility index (Phi) is 7.78. The molecule has 0 radical (unpaired) electrons. The molecule has 1 atom stereocenters. The maximum Gasteiger partial charge on any atom is 0.245 e. The van der Waals surface area contributed by atoms with Crippen molar-refractivity contribution < 1.29 is 14.6 Å². The summed E-state index contributed by atoms with van der Waals surface area (Å²) < 4.78 is 4.78. The van der Waals surface area contributed by atoms with Crippen LogP contribution in [0.4, 0.5) is 0 Å². The lowest BCUT2D eigenvalue weighted by Crippen LogP contribution is -2.26. The first-order chi connectivity index (χ1) is 15.1. The number of rotatable bonds is 6. The van der Waals surface area contributed by atoms with E-state index in [0.717, 1.165) is 30.7 Å². The molecule has 4 rings (SSSR count). The second-order valence-corrected chi connectivity index (χ2v) is 7.60.